The number of hydrazone groups is 1. The van der Waals surface area contributed by atoms with Crippen molar-refractivity contribution in [3.05, 3.63) is 29.3 Å². The van der Waals surface area contributed by atoms with Crippen molar-refractivity contribution in [1.82, 2.24) is 5.01 Å². The predicted octanol–water partition coefficient (Wildman–Crippen LogP) is 1.37. The molecule has 0 aromatic heterocycles. The molecule has 2 atom stereocenters. The van der Waals surface area contributed by atoms with E-state index in [-0.39, 0.29) is 23.0 Å². The van der Waals surface area contributed by atoms with E-state index in [1.165, 1.54) is 26.0 Å². The summed E-state index contributed by atoms with van der Waals surface area (Å²) in [6, 6.07) is 6.34. The Balaban J connectivity index is 2.15. The molecule has 2 aliphatic rings. The molecule has 1 saturated heterocycles. The summed E-state index contributed by atoms with van der Waals surface area (Å²) in [4.78, 5) is 51.4. The maximum atomic E-state index is 13.1. The highest BCUT2D eigenvalue weighted by Gasteiger charge is 2.68. The Morgan fingerprint density at radius 3 is 2.54 bits per heavy atom. The summed E-state index contributed by atoms with van der Waals surface area (Å²) in [5.41, 5.74) is -1.73. The van der Waals surface area contributed by atoms with E-state index < -0.39 is 35.1 Å². The van der Waals surface area contributed by atoms with Gasteiger partial charge in [0.05, 0.1) is 17.3 Å². The zero-order valence-corrected chi connectivity index (χ0v) is 15.1. The number of amides is 3. The van der Waals surface area contributed by atoms with Gasteiger partial charge in [0.1, 0.15) is 5.92 Å². The lowest BCUT2D eigenvalue weighted by Crippen LogP contribution is -2.52. The Bertz CT molecular complexity index is 868. The average Bonchev–Trinajstić information content (AvgIpc) is 3.00. The summed E-state index contributed by atoms with van der Waals surface area (Å²) in [7, 11) is 0. The van der Waals surface area contributed by atoms with Gasteiger partial charge in [-0.1, -0.05) is 23.7 Å². The molecule has 0 N–H and O–H groups in total. The van der Waals surface area contributed by atoms with Crippen LogP contribution in [0.15, 0.2) is 29.4 Å². The van der Waals surface area contributed by atoms with Crippen LogP contribution in [0.2, 0.25) is 5.02 Å². The van der Waals surface area contributed by atoms with Gasteiger partial charge >= 0.3 is 5.97 Å². The van der Waals surface area contributed by atoms with Crippen LogP contribution in [0.5, 0.6) is 0 Å². The van der Waals surface area contributed by atoms with Crippen molar-refractivity contribution in [1.29, 1.82) is 0 Å². The van der Waals surface area contributed by atoms with Crippen LogP contribution in [-0.2, 0) is 23.9 Å². The van der Waals surface area contributed by atoms with Gasteiger partial charge < -0.3 is 4.74 Å². The molecule has 136 valence electrons. The Hall–Kier alpha value is -2.74. The predicted molar refractivity (Wildman–Crippen MR) is 92.4 cm³/mol. The van der Waals surface area contributed by atoms with E-state index in [0.29, 0.717) is 0 Å². The van der Waals surface area contributed by atoms with Crippen molar-refractivity contribution in [2.24, 2.45) is 11.0 Å². The number of nitrogens with zero attached hydrogens (tertiary/aromatic N) is 3. The third-order valence-electron chi connectivity index (χ3n) is 4.46. The Labute approximate surface area is 154 Å². The second-order valence-corrected chi connectivity index (χ2v) is 6.45. The summed E-state index contributed by atoms with van der Waals surface area (Å²) in [6.45, 7) is 4.28. The second kappa shape index (κ2) is 6.21. The number of ether oxygens (including phenoxy) is 1. The fourth-order valence-electron chi connectivity index (χ4n) is 3.31. The maximum Gasteiger partial charge on any atom is 0.355 e. The minimum Gasteiger partial charge on any atom is -0.461 e. The molecule has 3 rings (SSSR count). The zero-order chi connectivity index (χ0) is 19.2. The van der Waals surface area contributed by atoms with Crippen molar-refractivity contribution in [2.45, 2.75) is 26.3 Å². The third-order valence-corrected chi connectivity index (χ3v) is 4.78. The average molecular weight is 378 g/mol. The zero-order valence-electron chi connectivity index (χ0n) is 14.4. The first-order chi connectivity index (χ1) is 12.2. The first-order valence-electron chi connectivity index (χ1n) is 7.94. The quantitative estimate of drug-likeness (QED) is 0.585. The molecule has 1 aromatic carbocycles. The number of imide groups is 1. The number of carbonyl (C=O) groups excluding carboxylic acids is 4. The third kappa shape index (κ3) is 2.33. The van der Waals surface area contributed by atoms with Crippen molar-refractivity contribution in [2.75, 3.05) is 11.5 Å². The number of hydrogen-bond acceptors (Lipinski definition) is 6. The van der Waals surface area contributed by atoms with Crippen LogP contribution in [0, 0.1) is 5.92 Å². The molecule has 9 heteroatoms. The summed E-state index contributed by atoms with van der Waals surface area (Å²) >= 11 is 6.14. The van der Waals surface area contributed by atoms with Crippen molar-refractivity contribution < 1.29 is 23.9 Å². The lowest BCUT2D eigenvalue weighted by molar-refractivity contribution is -0.142. The second-order valence-electron chi connectivity index (χ2n) is 6.05. The van der Waals surface area contributed by atoms with E-state index in [0.717, 1.165) is 9.91 Å². The summed E-state index contributed by atoms with van der Waals surface area (Å²) in [6.07, 6.45) is 0. The molecule has 3 amide bonds. The number of esters is 1. The molecule has 0 bridgehead atoms. The van der Waals surface area contributed by atoms with Gasteiger partial charge in [-0.25, -0.2) is 14.7 Å². The fraction of sp³-hybridized carbons (Fsp3) is 0.353. The van der Waals surface area contributed by atoms with E-state index in [1.54, 1.807) is 19.1 Å². The van der Waals surface area contributed by atoms with Gasteiger partial charge in [-0.15, -0.1) is 0 Å². The Morgan fingerprint density at radius 1 is 1.31 bits per heavy atom. The van der Waals surface area contributed by atoms with Gasteiger partial charge in [-0.3, -0.25) is 14.4 Å². The van der Waals surface area contributed by atoms with E-state index in [2.05, 4.69) is 5.10 Å². The highest BCUT2D eigenvalue weighted by atomic mass is 35.5. The molecule has 1 fully saturated rings. The standard InChI is InChI=1S/C17H16ClN3O5/c1-4-26-15(24)13-12-14(23)20(11-8-6-5-7-10(11)18)16(25)17(12,3)21(19-13)9(2)22/h5-8,12H,4H2,1-3H3. The Kier molecular flexibility index (Phi) is 4.31. The van der Waals surface area contributed by atoms with Crippen molar-refractivity contribution in [3.63, 3.8) is 0 Å². The van der Waals surface area contributed by atoms with Crippen LogP contribution in [0.1, 0.15) is 20.8 Å². The molecule has 26 heavy (non-hydrogen) atoms. The molecule has 1 aromatic rings. The maximum absolute atomic E-state index is 13.1. The molecule has 8 nitrogen and oxygen atoms in total. The molecule has 2 unspecified atom stereocenters. The van der Waals surface area contributed by atoms with Crippen molar-refractivity contribution in [3.8, 4) is 0 Å². The molecule has 0 aliphatic carbocycles. The van der Waals surface area contributed by atoms with Crippen LogP contribution in [0.25, 0.3) is 0 Å². The lowest BCUT2D eigenvalue weighted by Gasteiger charge is -2.28. The van der Waals surface area contributed by atoms with E-state index in [4.69, 9.17) is 16.3 Å². The number of hydrogen-bond donors (Lipinski definition) is 0. The molecular weight excluding hydrogens is 362 g/mol. The summed E-state index contributed by atoms with van der Waals surface area (Å²) in [5, 5.41) is 5.01. The molecule has 2 heterocycles. The minimum absolute atomic E-state index is 0.0672. The van der Waals surface area contributed by atoms with E-state index in [1.807, 2.05) is 0 Å². The SMILES string of the molecule is CCOC(=O)C1=NN(C(C)=O)C2(C)C(=O)N(c3ccccc3Cl)C(=O)C12. The van der Waals surface area contributed by atoms with Crippen LogP contribution < -0.4 is 4.90 Å². The number of halogens is 1. The fourth-order valence-corrected chi connectivity index (χ4v) is 3.53. The largest absolute Gasteiger partial charge is 0.461 e. The summed E-state index contributed by atoms with van der Waals surface area (Å²) < 4.78 is 4.94. The number of rotatable bonds is 3. The van der Waals surface area contributed by atoms with Gasteiger partial charge in [-0.2, -0.15) is 5.10 Å². The highest BCUT2D eigenvalue weighted by molar-refractivity contribution is 6.48. The lowest BCUT2D eigenvalue weighted by atomic mass is 9.85. The smallest absolute Gasteiger partial charge is 0.355 e. The van der Waals surface area contributed by atoms with E-state index >= 15 is 0 Å². The van der Waals surface area contributed by atoms with Crippen LogP contribution in [0.4, 0.5) is 5.69 Å². The van der Waals surface area contributed by atoms with Gasteiger partial charge in [0.15, 0.2) is 11.3 Å². The van der Waals surface area contributed by atoms with Gasteiger partial charge in [-0.05, 0) is 26.0 Å². The molecule has 0 saturated carbocycles. The molecule has 0 radical (unpaired) electrons. The number of para-hydroxylation sites is 1. The minimum atomic E-state index is -1.65. The van der Waals surface area contributed by atoms with Crippen LogP contribution in [-0.4, -0.2) is 46.6 Å². The van der Waals surface area contributed by atoms with E-state index in [9.17, 15) is 19.2 Å². The normalized spacial score (nSPS) is 24.6. The number of anilines is 1. The number of fused-ring (bicyclic) bond motifs is 1. The molecular formula is C17H16ClN3O5. The first-order valence-corrected chi connectivity index (χ1v) is 8.32. The summed E-state index contributed by atoms with van der Waals surface area (Å²) in [5.74, 6) is -4.03. The van der Waals surface area contributed by atoms with Gasteiger partial charge in [0.2, 0.25) is 11.8 Å². The van der Waals surface area contributed by atoms with Crippen LogP contribution in [0.3, 0.4) is 0 Å². The monoisotopic (exact) mass is 377 g/mol. The topological polar surface area (TPSA) is 96.3 Å². The van der Waals surface area contributed by atoms with Gasteiger partial charge in [0, 0.05) is 6.92 Å². The Morgan fingerprint density at radius 2 is 1.96 bits per heavy atom. The molecule has 2 aliphatic heterocycles. The first kappa shape index (κ1) is 18.1. The van der Waals surface area contributed by atoms with Crippen LogP contribution >= 0.6 is 11.6 Å². The van der Waals surface area contributed by atoms with Gasteiger partial charge in [0.25, 0.3) is 5.91 Å². The van der Waals surface area contributed by atoms with Crippen molar-refractivity contribution >= 4 is 46.7 Å². The highest BCUT2D eigenvalue weighted by Crippen LogP contribution is 2.44. The molecule has 0 spiro atoms. The number of carbonyl (C=O) groups is 4. The number of benzene rings is 1.